The van der Waals surface area contributed by atoms with E-state index in [1.807, 2.05) is 12.1 Å². The number of H-pyrrole nitrogens is 1. The highest BCUT2D eigenvalue weighted by molar-refractivity contribution is 9.11. The second-order valence-electron chi connectivity index (χ2n) is 3.83. The Bertz CT molecular complexity index is 672. The number of nitrogens with two attached hydrogens (primary N) is 1. The standard InChI is InChI=1S/C13H10Br2N4O/c14-9-5-8(12(20)10(15)6-9)7-18-19-13(16)11-3-1-2-4-17-11/h1-7,20H,(H2,16,19)/p+1/b18-7+. The van der Waals surface area contributed by atoms with Crippen LogP contribution in [0.4, 0.5) is 0 Å². The number of halogens is 2. The molecule has 0 bridgehead atoms. The molecule has 102 valence electrons. The highest BCUT2D eigenvalue weighted by atomic mass is 79.9. The highest BCUT2D eigenvalue weighted by Crippen LogP contribution is 2.30. The molecule has 5 nitrogen and oxygen atoms in total. The number of rotatable bonds is 3. The second-order valence-corrected chi connectivity index (χ2v) is 5.60. The SMILES string of the molecule is NC(=N/N=C/c1cc(Br)cc(Br)c1O)c1cccc[nH+]1. The Hall–Kier alpha value is -1.73. The molecule has 2 aromatic rings. The van der Waals surface area contributed by atoms with Crippen molar-refractivity contribution >= 4 is 43.9 Å². The molecule has 0 aliphatic heterocycles. The van der Waals surface area contributed by atoms with Crippen LogP contribution in [0, 0.1) is 0 Å². The number of phenols is 1. The number of nitrogens with one attached hydrogen (secondary N) is 1. The lowest BCUT2D eigenvalue weighted by molar-refractivity contribution is -0.380. The summed E-state index contributed by atoms with van der Waals surface area (Å²) in [5, 5.41) is 17.6. The van der Waals surface area contributed by atoms with Crippen LogP contribution in [-0.4, -0.2) is 17.2 Å². The fraction of sp³-hybridized carbons (Fsp3) is 0. The van der Waals surface area contributed by atoms with Gasteiger partial charge in [0.05, 0.1) is 10.7 Å². The predicted octanol–water partition coefficient (Wildman–Crippen LogP) is 2.47. The molecule has 1 aromatic heterocycles. The van der Waals surface area contributed by atoms with E-state index in [9.17, 15) is 5.11 Å². The Balaban J connectivity index is 2.23. The topological polar surface area (TPSA) is 85.1 Å². The molecule has 1 heterocycles. The Morgan fingerprint density at radius 2 is 2.10 bits per heavy atom. The van der Waals surface area contributed by atoms with Crippen molar-refractivity contribution < 1.29 is 10.1 Å². The van der Waals surface area contributed by atoms with E-state index >= 15 is 0 Å². The Morgan fingerprint density at radius 1 is 1.30 bits per heavy atom. The predicted molar refractivity (Wildman–Crippen MR) is 84.8 cm³/mol. The number of nitrogens with zero attached hydrogens (tertiary/aromatic N) is 2. The average molecular weight is 399 g/mol. The van der Waals surface area contributed by atoms with Crippen LogP contribution >= 0.6 is 31.9 Å². The maximum atomic E-state index is 9.86. The molecule has 0 saturated carbocycles. The molecule has 0 spiro atoms. The van der Waals surface area contributed by atoms with E-state index in [2.05, 4.69) is 47.0 Å². The normalized spacial score (nSPS) is 12.0. The number of phenolic OH excluding ortho intramolecular Hbond substituents is 1. The first-order valence-electron chi connectivity index (χ1n) is 5.59. The van der Waals surface area contributed by atoms with Crippen molar-refractivity contribution in [2.45, 2.75) is 0 Å². The average Bonchev–Trinajstić information content (AvgIpc) is 2.44. The maximum Gasteiger partial charge on any atom is 0.247 e. The van der Waals surface area contributed by atoms with Crippen LogP contribution in [-0.2, 0) is 0 Å². The molecule has 20 heavy (non-hydrogen) atoms. The third-order valence-electron chi connectivity index (χ3n) is 2.40. The lowest BCUT2D eigenvalue weighted by Gasteiger charge is -2.01. The number of aromatic amines is 1. The van der Waals surface area contributed by atoms with Gasteiger partial charge in [-0.3, -0.25) is 0 Å². The summed E-state index contributed by atoms with van der Waals surface area (Å²) in [7, 11) is 0. The van der Waals surface area contributed by atoms with Crippen molar-refractivity contribution in [3.63, 3.8) is 0 Å². The summed E-state index contributed by atoms with van der Waals surface area (Å²) >= 11 is 6.58. The van der Waals surface area contributed by atoms with Gasteiger partial charge in [-0.25, -0.2) is 4.98 Å². The summed E-state index contributed by atoms with van der Waals surface area (Å²) in [5.41, 5.74) is 6.98. The molecular weight excluding hydrogens is 388 g/mol. The van der Waals surface area contributed by atoms with Crippen LogP contribution in [0.5, 0.6) is 5.75 Å². The lowest BCUT2D eigenvalue weighted by Crippen LogP contribution is -2.23. The van der Waals surface area contributed by atoms with Crippen molar-refractivity contribution in [2.24, 2.45) is 15.9 Å². The Labute approximate surface area is 132 Å². The Morgan fingerprint density at radius 3 is 2.80 bits per heavy atom. The molecule has 0 aliphatic rings. The van der Waals surface area contributed by atoms with Gasteiger partial charge in [0.25, 0.3) is 0 Å². The first-order chi connectivity index (χ1) is 9.58. The molecule has 0 aliphatic carbocycles. The van der Waals surface area contributed by atoms with Crippen molar-refractivity contribution in [1.82, 2.24) is 0 Å². The van der Waals surface area contributed by atoms with Crippen LogP contribution in [0.15, 0.2) is 55.7 Å². The number of amidine groups is 1. The van der Waals surface area contributed by atoms with Gasteiger partial charge >= 0.3 is 0 Å². The van der Waals surface area contributed by atoms with Gasteiger partial charge in [0.1, 0.15) is 5.75 Å². The van der Waals surface area contributed by atoms with Crippen LogP contribution in [0.3, 0.4) is 0 Å². The third-order valence-corrected chi connectivity index (χ3v) is 3.47. The van der Waals surface area contributed by atoms with Crippen molar-refractivity contribution in [1.29, 1.82) is 0 Å². The van der Waals surface area contributed by atoms with Gasteiger partial charge in [0.2, 0.25) is 11.5 Å². The second kappa shape index (κ2) is 6.62. The zero-order chi connectivity index (χ0) is 14.5. The molecule has 0 radical (unpaired) electrons. The van der Waals surface area contributed by atoms with Crippen LogP contribution < -0.4 is 10.7 Å². The minimum absolute atomic E-state index is 0.0944. The van der Waals surface area contributed by atoms with Gasteiger partial charge in [-0.15, -0.1) is 5.10 Å². The van der Waals surface area contributed by atoms with Gasteiger partial charge in [-0.1, -0.05) is 15.9 Å². The molecular formula is C13H11Br2N4O+. The van der Waals surface area contributed by atoms with E-state index in [1.54, 1.807) is 24.4 Å². The van der Waals surface area contributed by atoms with Gasteiger partial charge in [0, 0.05) is 22.2 Å². The fourth-order valence-electron chi connectivity index (χ4n) is 1.44. The Kier molecular flexibility index (Phi) is 4.86. The minimum Gasteiger partial charge on any atom is -0.506 e. The summed E-state index contributed by atoms with van der Waals surface area (Å²) < 4.78 is 1.39. The van der Waals surface area contributed by atoms with E-state index in [4.69, 9.17) is 5.73 Å². The van der Waals surface area contributed by atoms with E-state index in [0.717, 1.165) is 4.47 Å². The minimum atomic E-state index is 0.0944. The van der Waals surface area contributed by atoms with E-state index in [1.165, 1.54) is 6.21 Å². The highest BCUT2D eigenvalue weighted by Gasteiger charge is 2.06. The summed E-state index contributed by atoms with van der Waals surface area (Å²) in [6.45, 7) is 0. The van der Waals surface area contributed by atoms with Crippen molar-refractivity contribution in [2.75, 3.05) is 0 Å². The number of hydrogen-bond acceptors (Lipinski definition) is 3. The van der Waals surface area contributed by atoms with Gasteiger partial charge < -0.3 is 10.8 Å². The molecule has 0 atom stereocenters. The summed E-state index contributed by atoms with van der Waals surface area (Å²) in [4.78, 5) is 2.95. The zero-order valence-electron chi connectivity index (χ0n) is 10.2. The molecule has 1 aromatic carbocycles. The number of benzene rings is 1. The van der Waals surface area contributed by atoms with E-state index in [-0.39, 0.29) is 11.6 Å². The molecule has 4 N–H and O–H groups in total. The monoisotopic (exact) mass is 397 g/mol. The van der Waals surface area contributed by atoms with E-state index in [0.29, 0.717) is 15.7 Å². The largest absolute Gasteiger partial charge is 0.506 e. The maximum absolute atomic E-state index is 9.86. The molecule has 2 rings (SSSR count). The number of aromatic nitrogens is 1. The molecule has 0 saturated heterocycles. The molecule has 7 heteroatoms. The smallest absolute Gasteiger partial charge is 0.247 e. The lowest BCUT2D eigenvalue weighted by atomic mass is 10.2. The van der Waals surface area contributed by atoms with Crippen LogP contribution in [0.25, 0.3) is 0 Å². The van der Waals surface area contributed by atoms with Crippen molar-refractivity contribution in [3.05, 3.63) is 56.7 Å². The molecule has 0 amide bonds. The zero-order valence-corrected chi connectivity index (χ0v) is 13.4. The van der Waals surface area contributed by atoms with Gasteiger partial charge in [-0.2, -0.15) is 5.10 Å². The number of hydrogen-bond donors (Lipinski definition) is 2. The summed E-state index contributed by atoms with van der Waals surface area (Å²) in [6, 6.07) is 8.95. The third kappa shape index (κ3) is 3.64. The van der Waals surface area contributed by atoms with Gasteiger partial charge in [0.15, 0.2) is 6.20 Å². The van der Waals surface area contributed by atoms with Crippen LogP contribution in [0.2, 0.25) is 0 Å². The fourth-order valence-corrected chi connectivity index (χ4v) is 2.70. The van der Waals surface area contributed by atoms with Crippen LogP contribution in [0.1, 0.15) is 11.3 Å². The number of pyridine rings is 1. The quantitative estimate of drug-likeness (QED) is 0.472. The van der Waals surface area contributed by atoms with E-state index < -0.39 is 0 Å². The van der Waals surface area contributed by atoms with Gasteiger partial charge in [-0.05, 0) is 34.1 Å². The first kappa shape index (κ1) is 14.7. The number of aromatic hydroxyl groups is 1. The first-order valence-corrected chi connectivity index (χ1v) is 7.18. The molecule has 0 unspecified atom stereocenters. The summed E-state index contributed by atoms with van der Waals surface area (Å²) in [6.07, 6.45) is 3.18. The summed E-state index contributed by atoms with van der Waals surface area (Å²) in [5.74, 6) is 0.354. The van der Waals surface area contributed by atoms with Crippen molar-refractivity contribution in [3.8, 4) is 5.75 Å². The molecule has 0 fully saturated rings.